The molecule has 0 aliphatic rings. The van der Waals surface area contributed by atoms with Gasteiger partial charge in [0.05, 0.1) is 24.7 Å². The van der Waals surface area contributed by atoms with Crippen molar-refractivity contribution in [3.05, 3.63) is 34.8 Å². The molecule has 0 aliphatic carbocycles. The average molecular weight is 253 g/mol. The van der Waals surface area contributed by atoms with Crippen molar-refractivity contribution in [2.45, 2.75) is 18.9 Å². The number of rotatable bonds is 4. The number of nitrogens with zero attached hydrogens (tertiary/aromatic N) is 1. The van der Waals surface area contributed by atoms with Crippen molar-refractivity contribution in [2.24, 2.45) is 0 Å². The summed E-state index contributed by atoms with van der Waals surface area (Å²) in [6.07, 6.45) is -1.54. The zero-order valence-electron chi connectivity index (χ0n) is 9.51. The van der Waals surface area contributed by atoms with Crippen LogP contribution >= 0.6 is 0 Å². The van der Waals surface area contributed by atoms with Crippen LogP contribution in [0, 0.1) is 0 Å². The SMILES string of the molecule is O=C(C[C@H](O)CCF)n1c(=O)oc2ccccc21. The maximum absolute atomic E-state index is 12.0. The molecular weight excluding hydrogens is 241 g/mol. The third kappa shape index (κ3) is 2.33. The summed E-state index contributed by atoms with van der Waals surface area (Å²) in [6.45, 7) is -0.713. The van der Waals surface area contributed by atoms with Gasteiger partial charge in [-0.25, -0.2) is 9.36 Å². The highest BCUT2D eigenvalue weighted by molar-refractivity contribution is 5.89. The summed E-state index contributed by atoms with van der Waals surface area (Å²) in [5.41, 5.74) is 0.649. The lowest BCUT2D eigenvalue weighted by molar-refractivity contribution is 0.0774. The predicted molar refractivity (Wildman–Crippen MR) is 62.3 cm³/mol. The van der Waals surface area contributed by atoms with E-state index < -0.39 is 24.4 Å². The quantitative estimate of drug-likeness (QED) is 0.892. The van der Waals surface area contributed by atoms with Crippen molar-refractivity contribution < 1.29 is 18.7 Å². The molecule has 6 heteroatoms. The summed E-state index contributed by atoms with van der Waals surface area (Å²) < 4.78 is 17.8. The normalized spacial score (nSPS) is 12.8. The fraction of sp³-hybridized carbons (Fsp3) is 0.333. The van der Waals surface area contributed by atoms with Gasteiger partial charge in [0.2, 0.25) is 5.91 Å². The van der Waals surface area contributed by atoms with Crippen molar-refractivity contribution in [1.82, 2.24) is 4.57 Å². The van der Waals surface area contributed by atoms with Crippen molar-refractivity contribution in [3.63, 3.8) is 0 Å². The highest BCUT2D eigenvalue weighted by atomic mass is 19.1. The monoisotopic (exact) mass is 253 g/mol. The Morgan fingerprint density at radius 3 is 2.89 bits per heavy atom. The Kier molecular flexibility index (Phi) is 3.57. The van der Waals surface area contributed by atoms with E-state index >= 15 is 0 Å². The number of carbonyl (C=O) groups is 1. The zero-order valence-corrected chi connectivity index (χ0v) is 9.51. The smallest absolute Gasteiger partial charge is 0.407 e. The van der Waals surface area contributed by atoms with E-state index in [4.69, 9.17) is 4.42 Å². The third-order valence-corrected chi connectivity index (χ3v) is 2.59. The zero-order chi connectivity index (χ0) is 13.1. The number of aliphatic hydroxyl groups excluding tert-OH is 1. The van der Waals surface area contributed by atoms with Crippen LogP contribution in [0.25, 0.3) is 11.1 Å². The number of hydrogen-bond acceptors (Lipinski definition) is 4. The molecule has 1 aromatic carbocycles. The van der Waals surface area contributed by atoms with Crippen LogP contribution in [0.1, 0.15) is 17.6 Å². The summed E-state index contributed by atoms with van der Waals surface area (Å²) in [4.78, 5) is 23.4. The Balaban J connectivity index is 2.33. The lowest BCUT2D eigenvalue weighted by atomic mass is 10.2. The molecule has 0 saturated carbocycles. The Bertz CT molecular complexity index is 616. The molecule has 0 radical (unpaired) electrons. The summed E-state index contributed by atoms with van der Waals surface area (Å²) in [7, 11) is 0. The van der Waals surface area contributed by atoms with Gasteiger partial charge in [-0.1, -0.05) is 12.1 Å². The first-order valence-electron chi connectivity index (χ1n) is 5.51. The molecule has 0 aliphatic heterocycles. The van der Waals surface area contributed by atoms with Crippen LogP contribution in [-0.4, -0.2) is 28.4 Å². The Morgan fingerprint density at radius 1 is 1.44 bits per heavy atom. The van der Waals surface area contributed by atoms with E-state index in [2.05, 4.69) is 0 Å². The van der Waals surface area contributed by atoms with Crippen molar-refractivity contribution >= 4 is 17.0 Å². The summed E-state index contributed by atoms with van der Waals surface area (Å²) >= 11 is 0. The third-order valence-electron chi connectivity index (χ3n) is 2.59. The van der Waals surface area contributed by atoms with Gasteiger partial charge in [-0.15, -0.1) is 0 Å². The van der Waals surface area contributed by atoms with Crippen LogP contribution in [0.15, 0.2) is 33.5 Å². The van der Waals surface area contributed by atoms with Gasteiger partial charge in [-0.05, 0) is 12.1 Å². The van der Waals surface area contributed by atoms with Crippen molar-refractivity contribution in [2.75, 3.05) is 6.67 Å². The Hall–Kier alpha value is -1.95. The molecule has 5 nitrogen and oxygen atoms in total. The number of para-hydroxylation sites is 2. The summed E-state index contributed by atoms with van der Waals surface area (Å²) in [5, 5.41) is 9.37. The maximum Gasteiger partial charge on any atom is 0.426 e. The number of benzene rings is 1. The van der Waals surface area contributed by atoms with Gasteiger partial charge in [-0.3, -0.25) is 9.18 Å². The van der Waals surface area contributed by atoms with Crippen LogP contribution in [0.3, 0.4) is 0 Å². The van der Waals surface area contributed by atoms with E-state index in [-0.39, 0.29) is 12.8 Å². The molecule has 2 rings (SSSR count). The molecule has 0 saturated heterocycles. The van der Waals surface area contributed by atoms with Gasteiger partial charge in [-0.2, -0.15) is 0 Å². The first kappa shape index (κ1) is 12.5. The van der Waals surface area contributed by atoms with Gasteiger partial charge in [0.25, 0.3) is 0 Å². The van der Waals surface area contributed by atoms with Crippen LogP contribution < -0.4 is 5.76 Å². The molecule has 0 fully saturated rings. The first-order chi connectivity index (χ1) is 8.63. The van der Waals surface area contributed by atoms with Crippen molar-refractivity contribution in [1.29, 1.82) is 0 Å². The highest BCUT2D eigenvalue weighted by Crippen LogP contribution is 2.13. The van der Waals surface area contributed by atoms with Crippen LogP contribution in [-0.2, 0) is 0 Å². The van der Waals surface area contributed by atoms with Gasteiger partial charge in [0, 0.05) is 6.42 Å². The van der Waals surface area contributed by atoms with Crippen LogP contribution in [0.2, 0.25) is 0 Å². The molecular formula is C12H12FNO4. The Morgan fingerprint density at radius 2 is 2.17 bits per heavy atom. The van der Waals surface area contributed by atoms with Crippen molar-refractivity contribution in [3.8, 4) is 0 Å². The molecule has 96 valence electrons. The van der Waals surface area contributed by atoms with Gasteiger partial charge < -0.3 is 9.52 Å². The largest absolute Gasteiger partial charge is 0.426 e. The fourth-order valence-corrected chi connectivity index (χ4v) is 1.72. The molecule has 0 amide bonds. The van der Waals surface area contributed by atoms with Crippen LogP contribution in [0.5, 0.6) is 0 Å². The number of alkyl halides is 1. The van der Waals surface area contributed by atoms with E-state index in [1.807, 2.05) is 0 Å². The minimum Gasteiger partial charge on any atom is -0.407 e. The molecule has 2 aromatic rings. The number of aliphatic hydroxyl groups is 1. The van der Waals surface area contributed by atoms with E-state index in [1.165, 1.54) is 0 Å². The van der Waals surface area contributed by atoms with Gasteiger partial charge >= 0.3 is 5.76 Å². The molecule has 1 heterocycles. The molecule has 1 atom stereocenters. The maximum atomic E-state index is 12.0. The first-order valence-corrected chi connectivity index (χ1v) is 5.51. The van der Waals surface area contributed by atoms with Crippen LogP contribution in [0.4, 0.5) is 4.39 Å². The predicted octanol–water partition coefficient (Wildman–Crippen LogP) is 1.35. The lowest BCUT2D eigenvalue weighted by Crippen LogP contribution is -2.26. The second kappa shape index (κ2) is 5.14. The highest BCUT2D eigenvalue weighted by Gasteiger charge is 2.18. The van der Waals surface area contributed by atoms with E-state index in [1.54, 1.807) is 24.3 Å². The topological polar surface area (TPSA) is 72.4 Å². The van der Waals surface area contributed by atoms with E-state index in [0.29, 0.717) is 11.1 Å². The summed E-state index contributed by atoms with van der Waals surface area (Å²) in [6, 6.07) is 6.48. The number of carbonyl (C=O) groups excluding carboxylic acids is 1. The number of halogens is 1. The molecule has 1 N–H and O–H groups in total. The molecule has 1 aromatic heterocycles. The number of hydrogen-bond donors (Lipinski definition) is 1. The second-order valence-electron chi connectivity index (χ2n) is 3.90. The second-order valence-corrected chi connectivity index (χ2v) is 3.90. The van der Waals surface area contributed by atoms with Gasteiger partial charge in [0.1, 0.15) is 0 Å². The average Bonchev–Trinajstić information content (AvgIpc) is 2.64. The molecule has 18 heavy (non-hydrogen) atoms. The number of fused-ring (bicyclic) bond motifs is 1. The molecule has 0 spiro atoms. The number of oxazole rings is 1. The molecule has 0 unspecified atom stereocenters. The van der Waals surface area contributed by atoms with E-state index in [9.17, 15) is 19.1 Å². The number of aromatic nitrogens is 1. The standard InChI is InChI=1S/C12H12FNO4/c13-6-5-8(15)7-11(16)14-9-3-1-2-4-10(9)18-12(14)17/h1-4,8,15H,5-7H2/t8-/m1/s1. The molecule has 0 bridgehead atoms. The van der Waals surface area contributed by atoms with E-state index in [0.717, 1.165) is 4.57 Å². The Labute approximate surface area is 101 Å². The summed E-state index contributed by atoms with van der Waals surface area (Å²) in [5.74, 6) is -1.40. The van der Waals surface area contributed by atoms with Gasteiger partial charge in [0.15, 0.2) is 5.58 Å². The fourth-order valence-electron chi connectivity index (χ4n) is 1.72. The lowest BCUT2D eigenvalue weighted by Gasteiger charge is -2.06. The minimum atomic E-state index is -1.09. The minimum absolute atomic E-state index is 0.129.